The maximum atomic E-state index is 13.0. The Balaban J connectivity index is 3.04. The van der Waals surface area contributed by atoms with Crippen LogP contribution >= 0.6 is 0 Å². The van der Waals surface area contributed by atoms with Crippen LogP contribution in [0, 0.1) is 0 Å². The third kappa shape index (κ3) is 11.8. The highest BCUT2D eigenvalue weighted by molar-refractivity contribution is 5.94. The van der Waals surface area contributed by atoms with Crippen LogP contribution < -0.4 is 27.4 Å². The van der Waals surface area contributed by atoms with Crippen molar-refractivity contribution < 1.29 is 39.3 Å². The molecule has 0 radical (unpaired) electrons. The van der Waals surface area contributed by atoms with Gasteiger partial charge in [-0.3, -0.25) is 19.2 Å². The molecule has 0 aliphatic rings. The van der Waals surface area contributed by atoms with E-state index in [1.165, 1.54) is 6.92 Å². The number of benzene rings is 1. The predicted octanol–water partition coefficient (Wildman–Crippen LogP) is -1.53. The highest BCUT2D eigenvalue weighted by atomic mass is 16.4. The molecule has 0 spiro atoms. The topological polar surface area (TPSA) is 234 Å². The number of nitrogens with one attached hydrogen (secondary N) is 3. The van der Waals surface area contributed by atoms with E-state index in [9.17, 15) is 34.2 Å². The Hall–Kier alpha value is -3.55. The standard InChI is InChI=1S/C24H37N5O8/c1-14(30)20(29-21(33)16(26)9-5-6-12-25)23(35)28-18(13-15-7-3-2-4-8-15)22(34)27-17(24(36)37)10-11-19(31)32/h2-4,7-8,14,16-18,20,30H,5-6,9-13,25-26H2,1H3,(H,27,34)(H,28,35)(H,29,33)(H,31,32)(H,36,37). The number of amides is 3. The van der Waals surface area contributed by atoms with Crippen molar-refractivity contribution in [2.45, 2.75) is 75.7 Å². The number of rotatable bonds is 17. The summed E-state index contributed by atoms with van der Waals surface area (Å²) in [7, 11) is 0. The predicted molar refractivity (Wildman–Crippen MR) is 133 cm³/mol. The molecule has 0 bridgehead atoms. The Morgan fingerprint density at radius 2 is 1.49 bits per heavy atom. The zero-order valence-corrected chi connectivity index (χ0v) is 20.8. The summed E-state index contributed by atoms with van der Waals surface area (Å²) in [4.78, 5) is 60.9. The van der Waals surface area contributed by atoms with E-state index in [0.717, 1.165) is 0 Å². The van der Waals surface area contributed by atoms with Crippen LogP contribution in [-0.4, -0.2) is 81.8 Å². The molecular weight excluding hydrogens is 486 g/mol. The fraction of sp³-hybridized carbons (Fsp3) is 0.542. The molecule has 1 rings (SSSR count). The van der Waals surface area contributed by atoms with Crippen molar-refractivity contribution in [2.75, 3.05) is 6.54 Å². The summed E-state index contributed by atoms with van der Waals surface area (Å²) >= 11 is 0. The second-order valence-corrected chi connectivity index (χ2v) is 8.70. The van der Waals surface area contributed by atoms with E-state index in [0.29, 0.717) is 31.4 Å². The summed E-state index contributed by atoms with van der Waals surface area (Å²) in [5.41, 5.74) is 11.9. The summed E-state index contributed by atoms with van der Waals surface area (Å²) in [6.07, 6.45) is -0.649. The molecule has 0 heterocycles. The normalized spacial score (nSPS) is 14.9. The SMILES string of the molecule is CC(O)C(NC(=O)C(N)CCCCN)C(=O)NC(Cc1ccccc1)C(=O)NC(CCC(=O)O)C(=O)O. The van der Waals surface area contributed by atoms with Crippen molar-refractivity contribution in [2.24, 2.45) is 11.5 Å². The lowest BCUT2D eigenvalue weighted by atomic mass is 10.0. The van der Waals surface area contributed by atoms with Crippen molar-refractivity contribution in [1.82, 2.24) is 16.0 Å². The quantitative estimate of drug-likeness (QED) is 0.110. The minimum Gasteiger partial charge on any atom is -0.481 e. The fourth-order valence-corrected chi connectivity index (χ4v) is 3.42. The molecule has 1 aromatic carbocycles. The van der Waals surface area contributed by atoms with E-state index in [2.05, 4.69) is 16.0 Å². The first kappa shape index (κ1) is 31.5. The molecule has 1 aromatic rings. The number of unbranched alkanes of at least 4 members (excludes halogenated alkanes) is 1. The zero-order valence-electron chi connectivity index (χ0n) is 20.8. The number of carbonyl (C=O) groups excluding carboxylic acids is 3. The number of nitrogens with two attached hydrogens (primary N) is 2. The van der Waals surface area contributed by atoms with Gasteiger partial charge in [0.25, 0.3) is 0 Å². The van der Waals surface area contributed by atoms with Crippen molar-refractivity contribution in [1.29, 1.82) is 0 Å². The van der Waals surface area contributed by atoms with Crippen LogP contribution in [0.2, 0.25) is 0 Å². The summed E-state index contributed by atoms with van der Waals surface area (Å²) in [5.74, 6) is -5.08. The first-order chi connectivity index (χ1) is 17.5. The number of carbonyl (C=O) groups is 5. The van der Waals surface area contributed by atoms with Crippen molar-refractivity contribution in [3.05, 3.63) is 35.9 Å². The lowest BCUT2D eigenvalue weighted by Gasteiger charge is -2.26. The molecule has 3 amide bonds. The van der Waals surface area contributed by atoms with Crippen LogP contribution in [0.3, 0.4) is 0 Å². The number of carboxylic acids is 2. The van der Waals surface area contributed by atoms with Gasteiger partial charge in [0.05, 0.1) is 12.1 Å². The number of aliphatic hydroxyl groups is 1. The Morgan fingerprint density at radius 3 is 2.03 bits per heavy atom. The van der Waals surface area contributed by atoms with Crippen LogP contribution in [-0.2, 0) is 30.4 Å². The molecule has 13 nitrogen and oxygen atoms in total. The van der Waals surface area contributed by atoms with Crippen LogP contribution in [0.1, 0.15) is 44.6 Å². The summed E-state index contributed by atoms with van der Waals surface area (Å²) < 4.78 is 0. The molecule has 0 saturated heterocycles. The van der Waals surface area contributed by atoms with Gasteiger partial charge >= 0.3 is 11.9 Å². The maximum Gasteiger partial charge on any atom is 0.326 e. The smallest absolute Gasteiger partial charge is 0.326 e. The molecule has 0 saturated carbocycles. The van der Waals surface area contributed by atoms with E-state index in [1.807, 2.05) is 0 Å². The monoisotopic (exact) mass is 523 g/mol. The van der Waals surface area contributed by atoms with Crippen LogP contribution in [0.25, 0.3) is 0 Å². The van der Waals surface area contributed by atoms with Gasteiger partial charge < -0.3 is 42.7 Å². The maximum absolute atomic E-state index is 13.0. The van der Waals surface area contributed by atoms with Gasteiger partial charge in [0.2, 0.25) is 17.7 Å². The Morgan fingerprint density at radius 1 is 0.865 bits per heavy atom. The molecule has 0 fully saturated rings. The van der Waals surface area contributed by atoms with Gasteiger partial charge in [-0.2, -0.15) is 0 Å². The van der Waals surface area contributed by atoms with Gasteiger partial charge in [0.15, 0.2) is 0 Å². The van der Waals surface area contributed by atoms with Gasteiger partial charge in [-0.15, -0.1) is 0 Å². The second kappa shape index (κ2) is 16.2. The average molecular weight is 524 g/mol. The van der Waals surface area contributed by atoms with Crippen LogP contribution in [0.5, 0.6) is 0 Å². The van der Waals surface area contributed by atoms with E-state index in [1.54, 1.807) is 30.3 Å². The van der Waals surface area contributed by atoms with Crippen molar-refractivity contribution in [3.63, 3.8) is 0 Å². The molecule has 206 valence electrons. The number of aliphatic hydroxyl groups excluding tert-OH is 1. The van der Waals surface area contributed by atoms with Crippen molar-refractivity contribution >= 4 is 29.7 Å². The van der Waals surface area contributed by atoms with Crippen LogP contribution in [0.15, 0.2) is 30.3 Å². The highest BCUT2D eigenvalue weighted by Crippen LogP contribution is 2.07. The van der Waals surface area contributed by atoms with Gasteiger partial charge in [0, 0.05) is 12.8 Å². The van der Waals surface area contributed by atoms with E-state index < -0.39 is 66.4 Å². The summed E-state index contributed by atoms with van der Waals surface area (Å²) in [5, 5.41) is 35.5. The largest absolute Gasteiger partial charge is 0.481 e. The van der Waals surface area contributed by atoms with Gasteiger partial charge in [0.1, 0.15) is 18.1 Å². The molecule has 5 unspecified atom stereocenters. The first-order valence-corrected chi connectivity index (χ1v) is 12.0. The number of hydrogen-bond acceptors (Lipinski definition) is 8. The first-order valence-electron chi connectivity index (χ1n) is 12.0. The summed E-state index contributed by atoms with van der Waals surface area (Å²) in [6.45, 7) is 1.72. The molecule has 10 N–H and O–H groups in total. The van der Waals surface area contributed by atoms with Crippen LogP contribution in [0.4, 0.5) is 0 Å². The lowest BCUT2D eigenvalue weighted by Crippen LogP contribution is -2.60. The van der Waals surface area contributed by atoms with Gasteiger partial charge in [-0.05, 0) is 38.3 Å². The van der Waals surface area contributed by atoms with E-state index in [4.69, 9.17) is 16.6 Å². The molecule has 0 aromatic heterocycles. The molecule has 13 heteroatoms. The van der Waals surface area contributed by atoms with Gasteiger partial charge in [-0.25, -0.2) is 4.79 Å². The Bertz CT molecular complexity index is 912. The number of hydrogen-bond donors (Lipinski definition) is 8. The minimum absolute atomic E-state index is 0.0389. The molecular formula is C24H37N5O8. The van der Waals surface area contributed by atoms with E-state index in [-0.39, 0.29) is 12.8 Å². The number of aliphatic carboxylic acids is 2. The van der Waals surface area contributed by atoms with Gasteiger partial charge in [-0.1, -0.05) is 36.8 Å². The molecule has 0 aliphatic heterocycles. The zero-order chi connectivity index (χ0) is 28.0. The average Bonchev–Trinajstić information content (AvgIpc) is 2.84. The fourth-order valence-electron chi connectivity index (χ4n) is 3.42. The second-order valence-electron chi connectivity index (χ2n) is 8.70. The third-order valence-electron chi connectivity index (χ3n) is 5.55. The highest BCUT2D eigenvalue weighted by Gasteiger charge is 2.32. The van der Waals surface area contributed by atoms with E-state index >= 15 is 0 Å². The molecule has 0 aliphatic carbocycles. The molecule has 37 heavy (non-hydrogen) atoms. The number of carboxylic acid groups (broad SMARTS) is 2. The summed E-state index contributed by atoms with van der Waals surface area (Å²) in [6, 6.07) is 3.39. The Labute approximate surface area is 215 Å². The Kier molecular flexibility index (Phi) is 13.8. The lowest BCUT2D eigenvalue weighted by molar-refractivity contribution is -0.143. The van der Waals surface area contributed by atoms with Crippen molar-refractivity contribution in [3.8, 4) is 0 Å². The minimum atomic E-state index is -1.50. The third-order valence-corrected chi connectivity index (χ3v) is 5.55. The molecule has 5 atom stereocenters.